The lowest BCUT2D eigenvalue weighted by Crippen LogP contribution is -2.30. The Balaban J connectivity index is 2.17. The molecule has 4 nitrogen and oxygen atoms in total. The van der Waals surface area contributed by atoms with Crippen LogP contribution in [-0.2, 0) is 17.6 Å². The van der Waals surface area contributed by atoms with Crippen LogP contribution in [0.15, 0.2) is 6.33 Å². The van der Waals surface area contributed by atoms with E-state index < -0.39 is 5.41 Å². The highest BCUT2D eigenvalue weighted by atomic mass is 35.5. The van der Waals surface area contributed by atoms with E-state index in [0.29, 0.717) is 12.8 Å². The molecule has 1 aliphatic carbocycles. The second kappa shape index (κ2) is 3.90. The third-order valence-electron chi connectivity index (χ3n) is 3.60. The molecule has 0 spiro atoms. The van der Waals surface area contributed by atoms with Crippen LogP contribution in [-0.4, -0.2) is 20.3 Å². The average molecular weight is 283 g/mol. The van der Waals surface area contributed by atoms with E-state index in [9.17, 15) is 9.90 Å². The zero-order chi connectivity index (χ0) is 12.9. The van der Waals surface area contributed by atoms with Gasteiger partial charge in [-0.05, 0) is 36.4 Å². The Morgan fingerprint density at radius 2 is 2.33 bits per heavy atom. The van der Waals surface area contributed by atoms with Gasteiger partial charge in [0, 0.05) is 10.3 Å². The number of carbonyl (C=O) groups excluding carboxylic acids is 1. The summed E-state index contributed by atoms with van der Waals surface area (Å²) in [7, 11) is 0. The molecule has 0 bridgehead atoms. The number of nitrogens with zero attached hydrogens (tertiary/aromatic N) is 2. The van der Waals surface area contributed by atoms with Gasteiger partial charge in [0.1, 0.15) is 11.2 Å². The van der Waals surface area contributed by atoms with Crippen molar-refractivity contribution in [1.82, 2.24) is 9.97 Å². The minimum atomic E-state index is -0.502. The lowest BCUT2D eigenvalue weighted by Gasteiger charge is -2.29. The highest BCUT2D eigenvalue weighted by Gasteiger charge is 2.38. The monoisotopic (exact) mass is 282 g/mol. The first kappa shape index (κ1) is 11.9. The van der Waals surface area contributed by atoms with Crippen LogP contribution in [0.3, 0.4) is 0 Å². The van der Waals surface area contributed by atoms with Gasteiger partial charge < -0.3 is 5.11 Å². The lowest BCUT2D eigenvalue weighted by molar-refractivity contribution is -0.120. The van der Waals surface area contributed by atoms with Gasteiger partial charge >= 0.3 is 0 Å². The maximum atomic E-state index is 11.5. The topological polar surface area (TPSA) is 63.1 Å². The minimum Gasteiger partial charge on any atom is -0.493 e. The van der Waals surface area contributed by atoms with E-state index >= 15 is 0 Å². The van der Waals surface area contributed by atoms with Gasteiger partial charge in [0.15, 0.2) is 0 Å². The molecule has 0 aromatic carbocycles. The van der Waals surface area contributed by atoms with Crippen molar-refractivity contribution in [2.24, 2.45) is 5.41 Å². The molecule has 0 fully saturated rings. The Labute approximate surface area is 113 Å². The molecule has 2 aromatic heterocycles. The molecule has 0 amide bonds. The van der Waals surface area contributed by atoms with Crippen LogP contribution in [0.4, 0.5) is 0 Å². The van der Waals surface area contributed by atoms with E-state index in [2.05, 4.69) is 9.97 Å². The van der Waals surface area contributed by atoms with Crippen molar-refractivity contribution in [2.45, 2.75) is 26.2 Å². The highest BCUT2D eigenvalue weighted by Crippen LogP contribution is 2.44. The maximum Gasteiger partial charge on any atom is 0.227 e. The smallest absolute Gasteiger partial charge is 0.227 e. The molecular weight excluding hydrogens is 272 g/mol. The normalized spacial score (nSPS) is 23.0. The Morgan fingerprint density at radius 1 is 1.56 bits per heavy atom. The van der Waals surface area contributed by atoms with Gasteiger partial charge in [0.05, 0.1) is 5.39 Å². The molecule has 2 aromatic rings. The molecule has 0 radical (unpaired) electrons. The quantitative estimate of drug-likeness (QED) is 0.817. The summed E-state index contributed by atoms with van der Waals surface area (Å²) in [5.74, 6) is 0.0262. The van der Waals surface area contributed by atoms with Crippen LogP contribution >= 0.6 is 22.9 Å². The minimum absolute atomic E-state index is 0.0262. The molecule has 1 unspecified atom stereocenters. The fourth-order valence-corrected chi connectivity index (χ4v) is 3.97. The summed E-state index contributed by atoms with van der Waals surface area (Å²) in [5, 5.41) is 10.3. The first-order chi connectivity index (χ1) is 8.51. The second-order valence-electron chi connectivity index (χ2n) is 4.89. The first-order valence-corrected chi connectivity index (χ1v) is 6.85. The number of aromatic nitrogens is 2. The van der Waals surface area contributed by atoms with Crippen molar-refractivity contribution < 1.29 is 9.90 Å². The van der Waals surface area contributed by atoms with E-state index in [-0.39, 0.29) is 11.1 Å². The summed E-state index contributed by atoms with van der Waals surface area (Å²) in [6, 6.07) is 0. The van der Waals surface area contributed by atoms with Gasteiger partial charge in [0.2, 0.25) is 11.1 Å². The number of rotatable bonds is 1. The lowest BCUT2D eigenvalue weighted by atomic mass is 9.76. The van der Waals surface area contributed by atoms with Crippen molar-refractivity contribution in [2.75, 3.05) is 0 Å². The number of aromatic hydroxyl groups is 1. The largest absolute Gasteiger partial charge is 0.493 e. The highest BCUT2D eigenvalue weighted by molar-refractivity contribution is 7.18. The number of hydrogen-bond acceptors (Lipinski definition) is 5. The summed E-state index contributed by atoms with van der Waals surface area (Å²) >= 11 is 7.19. The van der Waals surface area contributed by atoms with Gasteiger partial charge in [-0.15, -0.1) is 11.3 Å². The summed E-state index contributed by atoms with van der Waals surface area (Å²) in [6.07, 6.45) is 3.39. The molecule has 18 heavy (non-hydrogen) atoms. The third-order valence-corrected chi connectivity index (χ3v) is 5.20. The van der Waals surface area contributed by atoms with Gasteiger partial charge in [0.25, 0.3) is 0 Å². The van der Waals surface area contributed by atoms with E-state index in [1.165, 1.54) is 17.7 Å². The van der Waals surface area contributed by atoms with Gasteiger partial charge in [-0.3, -0.25) is 4.79 Å². The summed E-state index contributed by atoms with van der Waals surface area (Å²) in [4.78, 5) is 21.4. The van der Waals surface area contributed by atoms with Crippen LogP contribution in [0.25, 0.3) is 10.2 Å². The molecule has 1 N–H and O–H groups in total. The molecule has 1 atom stereocenters. The van der Waals surface area contributed by atoms with Crippen LogP contribution < -0.4 is 0 Å². The zero-order valence-corrected chi connectivity index (χ0v) is 11.3. The molecule has 0 aliphatic heterocycles. The average Bonchev–Trinajstić information content (AvgIpc) is 2.67. The number of thiophene rings is 1. The van der Waals surface area contributed by atoms with Crippen molar-refractivity contribution in [1.29, 1.82) is 0 Å². The van der Waals surface area contributed by atoms with Crippen molar-refractivity contribution in [3.8, 4) is 5.88 Å². The van der Waals surface area contributed by atoms with Crippen LogP contribution in [0.5, 0.6) is 5.88 Å². The van der Waals surface area contributed by atoms with Gasteiger partial charge in [-0.1, -0.05) is 6.92 Å². The maximum absolute atomic E-state index is 11.5. The molecule has 1 aliphatic rings. The number of fused-ring (bicyclic) bond motifs is 3. The second-order valence-corrected chi connectivity index (χ2v) is 6.32. The number of hydrogen-bond donors (Lipinski definition) is 1. The first-order valence-electron chi connectivity index (χ1n) is 5.65. The summed E-state index contributed by atoms with van der Waals surface area (Å²) in [5.41, 5.74) is 0.571. The van der Waals surface area contributed by atoms with E-state index in [1.807, 2.05) is 6.92 Å². The fraction of sp³-hybridized carbons (Fsp3) is 0.417. The summed E-state index contributed by atoms with van der Waals surface area (Å²) < 4.78 is 0. The third kappa shape index (κ3) is 1.61. The Hall–Kier alpha value is -1.20. The molecule has 6 heteroatoms. The van der Waals surface area contributed by atoms with Crippen LogP contribution in [0.2, 0.25) is 0 Å². The predicted octanol–water partition coefficient (Wildman–Crippen LogP) is 2.66. The van der Waals surface area contributed by atoms with E-state index in [0.717, 1.165) is 27.1 Å². The molecule has 2 heterocycles. The standard InChI is InChI=1S/C12H11ClN2O2S/c1-12(11(13)17)3-2-6-7(4-12)18-10-8(6)9(16)14-5-15-10/h5H,2-4H2,1H3,(H,14,15,16). The van der Waals surface area contributed by atoms with Gasteiger partial charge in [-0.2, -0.15) is 0 Å². The Morgan fingerprint density at radius 3 is 3.06 bits per heavy atom. The Bertz CT molecular complexity index is 655. The number of aryl methyl sites for hydroxylation is 1. The SMILES string of the molecule is CC1(C(=O)Cl)CCc2c(sc3ncnc(O)c23)C1. The van der Waals surface area contributed by atoms with Crippen LogP contribution in [0.1, 0.15) is 23.8 Å². The van der Waals surface area contributed by atoms with Crippen molar-refractivity contribution >= 4 is 38.4 Å². The predicted molar refractivity (Wildman–Crippen MR) is 70.1 cm³/mol. The van der Waals surface area contributed by atoms with Crippen molar-refractivity contribution in [3.05, 3.63) is 16.8 Å². The van der Waals surface area contributed by atoms with E-state index in [1.54, 1.807) is 0 Å². The fourth-order valence-electron chi connectivity index (χ4n) is 2.44. The zero-order valence-electron chi connectivity index (χ0n) is 9.73. The molecule has 94 valence electrons. The van der Waals surface area contributed by atoms with E-state index in [4.69, 9.17) is 11.6 Å². The van der Waals surface area contributed by atoms with Gasteiger partial charge in [-0.25, -0.2) is 9.97 Å². The number of carbonyl (C=O) groups is 1. The molecule has 0 saturated carbocycles. The molecule has 0 saturated heterocycles. The Kier molecular flexibility index (Phi) is 2.57. The molecule has 3 rings (SSSR count). The molecular formula is C12H11ClN2O2S. The van der Waals surface area contributed by atoms with Crippen molar-refractivity contribution in [3.63, 3.8) is 0 Å². The summed E-state index contributed by atoms with van der Waals surface area (Å²) in [6.45, 7) is 1.89. The van der Waals surface area contributed by atoms with Crippen LogP contribution in [0, 0.1) is 5.41 Å². The number of halogens is 1.